The number of amidine groups is 1. The molecule has 13 heteroatoms. The Labute approximate surface area is 238 Å². The number of alkyl halides is 3. The molecule has 1 atom stereocenters. The van der Waals surface area contributed by atoms with Gasteiger partial charge in [-0.15, -0.1) is 11.8 Å². The average Bonchev–Trinajstić information content (AvgIpc) is 3.15. The summed E-state index contributed by atoms with van der Waals surface area (Å²) >= 11 is 7.16. The topological polar surface area (TPSA) is 77.9 Å². The van der Waals surface area contributed by atoms with Crippen molar-refractivity contribution in [2.24, 2.45) is 0 Å². The van der Waals surface area contributed by atoms with Crippen molar-refractivity contribution in [3.8, 4) is 11.1 Å². The minimum atomic E-state index is -4.78. The summed E-state index contributed by atoms with van der Waals surface area (Å²) in [6.07, 6.45) is -3.92. The van der Waals surface area contributed by atoms with Crippen molar-refractivity contribution >= 4 is 40.8 Å². The lowest BCUT2D eigenvalue weighted by Gasteiger charge is -2.36. The molecule has 0 bridgehead atoms. The molecule has 0 aromatic heterocycles. The number of hydrogen-bond donors (Lipinski definition) is 2. The Bertz CT molecular complexity index is 1290. The van der Waals surface area contributed by atoms with Crippen LogP contribution in [0.25, 0.3) is 11.1 Å². The first-order valence-corrected chi connectivity index (χ1v) is 13.9. The van der Waals surface area contributed by atoms with E-state index in [4.69, 9.17) is 26.5 Å². The quantitative estimate of drug-likeness (QED) is 0.146. The Balaban J connectivity index is 1.81. The molecule has 2 aromatic rings. The molecule has 2 aliphatic heterocycles. The third-order valence-corrected chi connectivity index (χ3v) is 8.22. The summed E-state index contributed by atoms with van der Waals surface area (Å²) in [5.41, 5.74) is -0.550. The molecular weight excluding hydrogens is 572 g/mol. The summed E-state index contributed by atoms with van der Waals surface area (Å²) in [5, 5.41) is 11.9. The fraction of sp³-hybridized carbons (Fsp3) is 0.407. The van der Waals surface area contributed by atoms with Crippen molar-refractivity contribution in [1.82, 2.24) is 9.80 Å². The second kappa shape index (κ2) is 12.8. The average molecular weight is 601 g/mol. The lowest BCUT2D eigenvalue weighted by Crippen LogP contribution is -2.50. The molecule has 0 spiro atoms. The summed E-state index contributed by atoms with van der Waals surface area (Å²) < 4.78 is 68.7. The van der Waals surface area contributed by atoms with Crippen molar-refractivity contribution in [1.29, 1.82) is 5.41 Å². The number of anilines is 1. The minimum absolute atomic E-state index is 0.0767. The Kier molecular flexibility index (Phi) is 9.65. The normalized spacial score (nSPS) is 17.6. The third-order valence-electron chi connectivity index (χ3n) is 6.69. The number of methoxy groups -OCH3 is 1. The zero-order valence-corrected chi connectivity index (χ0v) is 23.3. The number of halogens is 5. The van der Waals surface area contributed by atoms with Crippen LogP contribution in [0, 0.1) is 11.2 Å². The van der Waals surface area contributed by atoms with Crippen molar-refractivity contribution in [2.45, 2.75) is 17.2 Å². The maximum atomic E-state index is 14.6. The minimum Gasteiger partial charge on any atom is -0.382 e. The molecule has 4 rings (SSSR count). The van der Waals surface area contributed by atoms with Gasteiger partial charge in [0.15, 0.2) is 0 Å². The van der Waals surface area contributed by atoms with Gasteiger partial charge < -0.3 is 24.6 Å². The number of ether oxygens (including phenoxy) is 2. The Morgan fingerprint density at radius 3 is 2.55 bits per heavy atom. The number of rotatable bonds is 7. The number of carbonyl (C=O) groups is 1. The molecular formula is C27H29ClF4N4O3S. The summed E-state index contributed by atoms with van der Waals surface area (Å²) in [6, 6.07) is 4.45. The van der Waals surface area contributed by atoms with Crippen LogP contribution in [0.1, 0.15) is 11.1 Å². The molecule has 1 fully saturated rings. The van der Waals surface area contributed by atoms with Gasteiger partial charge in [-0.1, -0.05) is 24.2 Å². The predicted molar refractivity (Wildman–Crippen MR) is 148 cm³/mol. The van der Waals surface area contributed by atoms with Gasteiger partial charge in [0.2, 0.25) is 5.91 Å². The van der Waals surface area contributed by atoms with Crippen molar-refractivity contribution in [3.05, 3.63) is 58.9 Å². The lowest BCUT2D eigenvalue weighted by molar-refractivity contribution is -0.137. The number of piperazine rings is 1. The molecule has 0 aliphatic carbocycles. The number of hydrogen-bond acceptors (Lipinski definition) is 6. The predicted octanol–water partition coefficient (Wildman–Crippen LogP) is 5.37. The van der Waals surface area contributed by atoms with E-state index in [-0.39, 0.29) is 57.5 Å². The lowest BCUT2D eigenvalue weighted by atomic mass is 9.94. The first kappa shape index (κ1) is 30.2. The van der Waals surface area contributed by atoms with E-state index < -0.39 is 17.6 Å². The zero-order chi connectivity index (χ0) is 29.0. The van der Waals surface area contributed by atoms with E-state index in [1.165, 1.54) is 30.0 Å². The number of benzene rings is 2. The van der Waals surface area contributed by atoms with Crippen LogP contribution in [0.15, 0.2) is 41.8 Å². The van der Waals surface area contributed by atoms with Gasteiger partial charge in [0, 0.05) is 61.6 Å². The number of nitrogens with one attached hydrogen (secondary N) is 2. The SMILES string of the molecule is C=CC(=O)N1CCN(C(=N)c2cc(C(F)(F)F)c(-c3ccc(F)c(Cl)c3)c3c2NCC(OCCOC)CS3)CC1. The van der Waals surface area contributed by atoms with E-state index in [0.717, 1.165) is 12.1 Å². The number of nitrogens with zero attached hydrogens (tertiary/aromatic N) is 2. The summed E-state index contributed by atoms with van der Waals surface area (Å²) in [5.74, 6) is -0.737. The van der Waals surface area contributed by atoms with Gasteiger partial charge in [-0.25, -0.2) is 4.39 Å². The van der Waals surface area contributed by atoms with Crippen LogP contribution >= 0.6 is 23.4 Å². The molecule has 0 saturated carbocycles. The molecule has 2 aliphatic rings. The van der Waals surface area contributed by atoms with Crippen molar-refractivity contribution in [2.75, 3.05) is 64.1 Å². The summed E-state index contributed by atoms with van der Waals surface area (Å²) in [4.78, 5) is 15.5. The van der Waals surface area contributed by atoms with Crippen LogP contribution in [-0.4, -0.2) is 86.4 Å². The van der Waals surface area contributed by atoms with Crippen LogP contribution < -0.4 is 5.32 Å². The second-order valence-corrected chi connectivity index (χ2v) is 10.7. The molecule has 1 unspecified atom stereocenters. The van der Waals surface area contributed by atoms with Gasteiger partial charge in [-0.3, -0.25) is 10.2 Å². The van der Waals surface area contributed by atoms with Crippen molar-refractivity contribution in [3.63, 3.8) is 0 Å². The fourth-order valence-corrected chi connectivity index (χ4v) is 6.08. The first-order valence-electron chi connectivity index (χ1n) is 12.5. The smallest absolute Gasteiger partial charge is 0.382 e. The first-order chi connectivity index (χ1) is 19.0. The second-order valence-electron chi connectivity index (χ2n) is 9.22. The monoisotopic (exact) mass is 600 g/mol. The van der Waals surface area contributed by atoms with E-state index in [1.807, 2.05) is 0 Å². The largest absolute Gasteiger partial charge is 0.417 e. The molecule has 2 heterocycles. The molecule has 0 radical (unpaired) electrons. The molecule has 7 nitrogen and oxygen atoms in total. The number of carbonyl (C=O) groups excluding carboxylic acids is 1. The van der Waals surface area contributed by atoms with Gasteiger partial charge in [-0.2, -0.15) is 13.2 Å². The highest BCUT2D eigenvalue weighted by molar-refractivity contribution is 7.99. The van der Waals surface area contributed by atoms with Crippen molar-refractivity contribution < 1.29 is 31.8 Å². The van der Waals surface area contributed by atoms with Crippen LogP contribution in [0.3, 0.4) is 0 Å². The Hall–Kier alpha value is -2.80. The summed E-state index contributed by atoms with van der Waals surface area (Å²) in [7, 11) is 1.54. The fourth-order valence-electron chi connectivity index (χ4n) is 4.63. The number of amides is 1. The third kappa shape index (κ3) is 6.56. The van der Waals surface area contributed by atoms with Crippen LogP contribution in [0.4, 0.5) is 23.2 Å². The maximum Gasteiger partial charge on any atom is 0.417 e. The van der Waals surface area contributed by atoms with E-state index in [9.17, 15) is 22.4 Å². The molecule has 2 aromatic carbocycles. The zero-order valence-electron chi connectivity index (χ0n) is 21.7. The highest BCUT2D eigenvalue weighted by Crippen LogP contribution is 2.49. The summed E-state index contributed by atoms with van der Waals surface area (Å²) in [6.45, 7) is 5.63. The van der Waals surface area contributed by atoms with Gasteiger partial charge in [0.05, 0.1) is 35.6 Å². The highest BCUT2D eigenvalue weighted by atomic mass is 35.5. The number of fused-ring (bicyclic) bond motifs is 1. The molecule has 216 valence electrons. The Morgan fingerprint density at radius 1 is 1.23 bits per heavy atom. The van der Waals surface area contributed by atoms with Gasteiger partial charge in [0.1, 0.15) is 11.7 Å². The van der Waals surface area contributed by atoms with E-state index >= 15 is 0 Å². The van der Waals surface area contributed by atoms with E-state index in [2.05, 4.69) is 11.9 Å². The Morgan fingerprint density at radius 2 is 1.93 bits per heavy atom. The maximum absolute atomic E-state index is 14.6. The van der Waals surface area contributed by atoms with Gasteiger partial charge in [0.25, 0.3) is 0 Å². The number of thioether (sulfide) groups is 1. The molecule has 1 saturated heterocycles. The van der Waals surface area contributed by atoms with Gasteiger partial charge in [-0.05, 0) is 29.8 Å². The van der Waals surface area contributed by atoms with Crippen LogP contribution in [0.5, 0.6) is 0 Å². The molecule has 40 heavy (non-hydrogen) atoms. The molecule has 1 amide bonds. The standard InChI is InChI=1S/C27H29ClF4N4O3S/c1-3-22(37)35-6-8-36(9-7-35)26(33)18-13-19(27(30,31)32)23(16-4-5-21(29)20(28)12-16)25-24(18)34-14-17(15-40-25)39-11-10-38-2/h3-5,12-13,17,33-34H,1,6-11,14-15H2,2H3. The van der Waals surface area contributed by atoms with E-state index in [1.54, 1.807) is 16.9 Å². The van der Waals surface area contributed by atoms with Crippen LogP contribution in [0.2, 0.25) is 5.02 Å². The van der Waals surface area contributed by atoms with Gasteiger partial charge >= 0.3 is 6.18 Å². The molecule has 2 N–H and O–H groups in total. The van der Waals surface area contributed by atoms with E-state index in [0.29, 0.717) is 44.3 Å². The highest BCUT2D eigenvalue weighted by Gasteiger charge is 2.39. The van der Waals surface area contributed by atoms with Crippen LogP contribution in [-0.2, 0) is 20.4 Å².